The van der Waals surface area contributed by atoms with E-state index >= 15 is 0 Å². The highest BCUT2D eigenvalue weighted by Crippen LogP contribution is 2.58. The van der Waals surface area contributed by atoms with E-state index < -0.39 is 34.7 Å². The van der Waals surface area contributed by atoms with Crippen LogP contribution in [0.3, 0.4) is 0 Å². The fourth-order valence-corrected chi connectivity index (χ4v) is 6.03. The molecule has 0 spiro atoms. The molecule has 3 aromatic carbocycles. The monoisotopic (exact) mass is 575 g/mol. The summed E-state index contributed by atoms with van der Waals surface area (Å²) in [6.07, 6.45) is -0.647. The molecule has 0 radical (unpaired) electrons. The Kier molecular flexibility index (Phi) is 10.8. The van der Waals surface area contributed by atoms with Crippen LogP contribution in [0.5, 0.6) is 5.75 Å². The van der Waals surface area contributed by atoms with E-state index in [0.717, 1.165) is 21.2 Å². The summed E-state index contributed by atoms with van der Waals surface area (Å²) >= 11 is 0. The van der Waals surface area contributed by atoms with Crippen LogP contribution in [0.2, 0.25) is 0 Å². The number of aliphatic hydroxyl groups excluding tert-OH is 1. The number of nitrogens with one attached hydrogen (secondary N) is 2. The Bertz CT molecular complexity index is 1260. The maximum atomic E-state index is 12.9. The van der Waals surface area contributed by atoms with Gasteiger partial charge < -0.3 is 20.5 Å². The number of carbonyl (C=O) groups is 2. The quantitative estimate of drug-likeness (QED) is 0.221. The summed E-state index contributed by atoms with van der Waals surface area (Å²) in [6, 6.07) is 22.9. The Morgan fingerprint density at radius 1 is 1.00 bits per heavy atom. The third-order valence-electron chi connectivity index (χ3n) is 6.41. The number of fused-ring (bicyclic) bond motifs is 1. The second-order valence-corrected chi connectivity index (χ2v) is 11.0. The topological polar surface area (TPSA) is 131 Å². The van der Waals surface area contributed by atoms with Gasteiger partial charge in [-0.05, 0) is 41.8 Å². The highest BCUT2D eigenvalue weighted by atomic mass is 35.5. The van der Waals surface area contributed by atoms with Gasteiger partial charge in [0.05, 0.1) is 36.3 Å². The van der Waals surface area contributed by atoms with Crippen LogP contribution in [0.25, 0.3) is 0 Å². The van der Waals surface area contributed by atoms with Gasteiger partial charge in [0.2, 0.25) is 5.91 Å². The minimum absolute atomic E-state index is 0. The number of halogens is 1. The van der Waals surface area contributed by atoms with Gasteiger partial charge in [0.25, 0.3) is 5.91 Å². The smallest absolute Gasteiger partial charge is 0.274 e. The summed E-state index contributed by atoms with van der Waals surface area (Å²) in [6.45, 7) is 0.578. The zero-order valence-electron chi connectivity index (χ0n) is 21.5. The molecule has 210 valence electrons. The summed E-state index contributed by atoms with van der Waals surface area (Å²) in [5, 5.41) is 17.1. The molecule has 0 saturated heterocycles. The molecule has 39 heavy (non-hydrogen) atoms. The Morgan fingerprint density at radius 2 is 1.69 bits per heavy atom. The van der Waals surface area contributed by atoms with Gasteiger partial charge in [0.15, 0.2) is 0 Å². The molecule has 5 N–H and O–H groups in total. The fourth-order valence-electron chi connectivity index (χ4n) is 4.40. The van der Waals surface area contributed by atoms with Crippen molar-refractivity contribution in [2.24, 2.45) is 0 Å². The molecule has 0 saturated carbocycles. The van der Waals surface area contributed by atoms with Crippen molar-refractivity contribution in [3.63, 3.8) is 0 Å². The number of aliphatic hydroxyl groups is 1. The van der Waals surface area contributed by atoms with Crippen LogP contribution >= 0.6 is 23.2 Å². The van der Waals surface area contributed by atoms with Gasteiger partial charge in [-0.3, -0.25) is 18.7 Å². The molecule has 1 heterocycles. The third kappa shape index (κ3) is 7.51. The Balaban J connectivity index is 0.00000420. The molecule has 1 aliphatic heterocycles. The molecule has 2 atom stereocenters. The lowest BCUT2D eigenvalue weighted by atomic mass is 10.0. The third-order valence-corrected chi connectivity index (χ3v) is 8.32. The van der Waals surface area contributed by atoms with Crippen molar-refractivity contribution in [3.05, 3.63) is 95.6 Å². The zero-order chi connectivity index (χ0) is 27.1. The summed E-state index contributed by atoms with van der Waals surface area (Å²) in [4.78, 5) is 25.8. The Hall–Kier alpha value is -3.12. The lowest BCUT2D eigenvalue weighted by Crippen LogP contribution is -2.49. The number of nitrogens with zero attached hydrogens (tertiary/aromatic N) is 1. The summed E-state index contributed by atoms with van der Waals surface area (Å²) < 4.78 is 27.5. The molecule has 0 aromatic heterocycles. The first kappa shape index (κ1) is 30.4. The van der Waals surface area contributed by atoms with Crippen molar-refractivity contribution in [3.8, 4) is 5.75 Å². The maximum Gasteiger partial charge on any atom is 0.274 e. The molecular weight excluding hydrogens is 542 g/mol. The van der Waals surface area contributed by atoms with Gasteiger partial charge in [0, 0.05) is 19.5 Å². The van der Waals surface area contributed by atoms with Gasteiger partial charge in [-0.1, -0.05) is 65.4 Å². The molecule has 2 amide bonds. The van der Waals surface area contributed by atoms with Crippen LogP contribution in [0.1, 0.15) is 27.9 Å². The van der Waals surface area contributed by atoms with E-state index in [1.807, 2.05) is 54.6 Å². The molecule has 9 nitrogen and oxygen atoms in total. The number of methoxy groups -OCH3 is 1. The Labute approximate surface area is 236 Å². The molecule has 0 aliphatic carbocycles. The van der Waals surface area contributed by atoms with Gasteiger partial charge in [-0.15, -0.1) is 12.4 Å². The summed E-state index contributed by atoms with van der Waals surface area (Å²) in [7, 11) is -1.89. The SMILES string of the molecule is COc1cccc(CNC[C@@H](O)[C@H](Cc2ccccc2)NC(=O)CCN2C(=O)c3ccccc3S2(O)O)c1.Cl. The van der Waals surface area contributed by atoms with E-state index in [9.17, 15) is 23.8 Å². The van der Waals surface area contributed by atoms with Crippen molar-refractivity contribution >= 4 is 35.0 Å². The maximum absolute atomic E-state index is 12.9. The van der Waals surface area contributed by atoms with Crippen LogP contribution in [0.15, 0.2) is 83.8 Å². The average molecular weight is 576 g/mol. The predicted octanol–water partition coefficient (Wildman–Crippen LogP) is 3.87. The van der Waals surface area contributed by atoms with Gasteiger partial charge in [-0.2, -0.15) is 0 Å². The minimum Gasteiger partial charge on any atom is -0.497 e. The second-order valence-electron chi connectivity index (χ2n) is 9.09. The number of amides is 2. The predicted molar refractivity (Wildman–Crippen MR) is 153 cm³/mol. The van der Waals surface area contributed by atoms with Gasteiger partial charge in [-0.25, -0.2) is 4.31 Å². The number of carbonyl (C=O) groups excluding carboxylic acids is 2. The highest BCUT2D eigenvalue weighted by molar-refractivity contribution is 8.23. The van der Waals surface area contributed by atoms with E-state index in [0.29, 0.717) is 13.0 Å². The zero-order valence-corrected chi connectivity index (χ0v) is 23.2. The molecule has 1 aliphatic rings. The lowest BCUT2D eigenvalue weighted by molar-refractivity contribution is -0.122. The van der Waals surface area contributed by atoms with Gasteiger partial charge in [0.1, 0.15) is 5.75 Å². The van der Waals surface area contributed by atoms with E-state index in [1.54, 1.807) is 19.2 Å². The van der Waals surface area contributed by atoms with Crippen molar-refractivity contribution < 1.29 is 28.5 Å². The minimum atomic E-state index is -3.49. The van der Waals surface area contributed by atoms with Crippen molar-refractivity contribution in [2.75, 3.05) is 20.2 Å². The van der Waals surface area contributed by atoms with Crippen LogP contribution < -0.4 is 15.4 Å². The van der Waals surface area contributed by atoms with Crippen molar-refractivity contribution in [1.82, 2.24) is 14.9 Å². The number of hydrogen-bond donors (Lipinski definition) is 5. The molecule has 0 unspecified atom stereocenters. The second kappa shape index (κ2) is 13.8. The van der Waals surface area contributed by atoms with Crippen molar-refractivity contribution in [2.45, 2.75) is 36.4 Å². The standard InChI is InChI=1S/C28H33N3O6S.ClH/c1-37-22-11-7-10-21(16-22)18-29-19-25(32)24(17-20-8-3-2-4-9-20)30-27(33)14-15-31-28(34)23-12-5-6-13-26(23)38(31,35)36;/h2-13,16,24-25,29,32,35-36H,14-15,17-19H2,1H3,(H,30,33);1H/t24-,25+;/m0./s1. The number of benzene rings is 3. The lowest BCUT2D eigenvalue weighted by Gasteiger charge is -2.36. The normalized spacial score (nSPS) is 16.0. The van der Waals surface area contributed by atoms with E-state index in [4.69, 9.17) is 4.74 Å². The molecule has 3 aromatic rings. The molecular formula is C28H34ClN3O6S. The number of rotatable bonds is 12. The van der Waals surface area contributed by atoms with Gasteiger partial charge >= 0.3 is 0 Å². The molecule has 11 heteroatoms. The number of hydrogen-bond acceptors (Lipinski definition) is 7. The van der Waals surface area contributed by atoms with E-state index in [-0.39, 0.29) is 42.4 Å². The highest BCUT2D eigenvalue weighted by Gasteiger charge is 2.41. The van der Waals surface area contributed by atoms with Crippen LogP contribution in [-0.4, -0.2) is 62.7 Å². The summed E-state index contributed by atoms with van der Waals surface area (Å²) in [5.74, 6) is -0.178. The number of ether oxygens (including phenoxy) is 1. The fraction of sp³-hybridized carbons (Fsp3) is 0.286. The first-order chi connectivity index (χ1) is 18.3. The summed E-state index contributed by atoms with van der Waals surface area (Å²) in [5.41, 5.74) is 2.17. The van der Waals surface area contributed by atoms with Crippen LogP contribution in [0.4, 0.5) is 0 Å². The molecule has 0 fully saturated rings. The van der Waals surface area contributed by atoms with E-state index in [2.05, 4.69) is 10.6 Å². The molecule has 4 rings (SSSR count). The first-order valence-corrected chi connectivity index (χ1v) is 13.8. The first-order valence-electron chi connectivity index (χ1n) is 12.3. The van der Waals surface area contributed by atoms with E-state index in [1.165, 1.54) is 12.1 Å². The molecule has 0 bridgehead atoms. The Morgan fingerprint density at radius 3 is 2.41 bits per heavy atom. The average Bonchev–Trinajstić information content (AvgIpc) is 3.12. The largest absolute Gasteiger partial charge is 0.497 e. The van der Waals surface area contributed by atoms with Crippen LogP contribution in [-0.2, 0) is 17.8 Å². The van der Waals surface area contributed by atoms with Crippen molar-refractivity contribution in [1.29, 1.82) is 0 Å². The van der Waals surface area contributed by atoms with Crippen LogP contribution in [0, 0.1) is 0 Å².